The summed E-state index contributed by atoms with van der Waals surface area (Å²) in [5, 5.41) is 13.0. The first-order chi connectivity index (χ1) is 8.84. The summed E-state index contributed by atoms with van der Waals surface area (Å²) in [6.45, 7) is 5.22. The number of fused-ring (bicyclic) bond motifs is 1. The Morgan fingerprint density at radius 1 is 1.47 bits per heavy atom. The number of amides is 1. The fourth-order valence-corrected chi connectivity index (χ4v) is 2.43. The Labute approximate surface area is 112 Å². The third-order valence-corrected chi connectivity index (χ3v) is 3.29. The number of carbonyl (C=O) groups excluding carboxylic acids is 1. The highest BCUT2D eigenvalue weighted by atomic mass is 16.8. The van der Waals surface area contributed by atoms with Crippen molar-refractivity contribution in [1.29, 1.82) is 0 Å². The molecule has 0 aromatic carbocycles. The van der Waals surface area contributed by atoms with Gasteiger partial charge in [-0.1, -0.05) is 0 Å². The van der Waals surface area contributed by atoms with E-state index in [0.29, 0.717) is 6.61 Å². The van der Waals surface area contributed by atoms with Gasteiger partial charge in [0, 0.05) is 14.0 Å². The first kappa shape index (κ1) is 14.7. The van der Waals surface area contributed by atoms with Crippen LogP contribution in [0.15, 0.2) is 0 Å². The van der Waals surface area contributed by atoms with Crippen LogP contribution in [0.2, 0.25) is 0 Å². The lowest BCUT2D eigenvalue weighted by Gasteiger charge is -2.49. The molecule has 0 spiro atoms. The first-order valence-electron chi connectivity index (χ1n) is 6.29. The second-order valence-corrected chi connectivity index (χ2v) is 5.29. The molecule has 110 valence electrons. The van der Waals surface area contributed by atoms with Crippen molar-refractivity contribution in [2.24, 2.45) is 0 Å². The van der Waals surface area contributed by atoms with Gasteiger partial charge in [0.05, 0.1) is 6.61 Å². The van der Waals surface area contributed by atoms with Crippen molar-refractivity contribution in [2.75, 3.05) is 13.7 Å². The number of hydrogen-bond acceptors (Lipinski definition) is 6. The molecule has 2 aliphatic heterocycles. The Balaban J connectivity index is 2.15. The van der Waals surface area contributed by atoms with E-state index in [2.05, 4.69) is 5.32 Å². The van der Waals surface area contributed by atoms with Crippen LogP contribution in [0.5, 0.6) is 0 Å². The molecule has 7 nitrogen and oxygen atoms in total. The van der Waals surface area contributed by atoms with Gasteiger partial charge in [-0.25, -0.2) is 0 Å². The highest BCUT2D eigenvalue weighted by molar-refractivity contribution is 5.73. The summed E-state index contributed by atoms with van der Waals surface area (Å²) in [5.41, 5.74) is 0. The number of carbonyl (C=O) groups is 1. The lowest BCUT2D eigenvalue weighted by molar-refractivity contribution is -0.366. The summed E-state index contributed by atoms with van der Waals surface area (Å²) < 4.78 is 22.0. The molecular formula is C12H21NO6. The maximum Gasteiger partial charge on any atom is 0.217 e. The molecule has 7 heteroatoms. The monoisotopic (exact) mass is 275 g/mol. The Morgan fingerprint density at radius 2 is 2.16 bits per heavy atom. The van der Waals surface area contributed by atoms with Crippen molar-refractivity contribution >= 4 is 5.91 Å². The summed E-state index contributed by atoms with van der Waals surface area (Å²) in [4.78, 5) is 11.2. The minimum atomic E-state index is -0.921. The number of nitrogens with one attached hydrogen (secondary N) is 1. The highest BCUT2D eigenvalue weighted by Crippen LogP contribution is 2.32. The minimum Gasteiger partial charge on any atom is -0.388 e. The van der Waals surface area contributed by atoms with E-state index in [1.807, 2.05) is 0 Å². The highest BCUT2D eigenvalue weighted by Gasteiger charge is 2.51. The van der Waals surface area contributed by atoms with Crippen LogP contribution in [0, 0.1) is 0 Å². The lowest BCUT2D eigenvalue weighted by Crippen LogP contribution is -2.68. The summed E-state index contributed by atoms with van der Waals surface area (Å²) in [6, 6.07) is -0.669. The zero-order chi connectivity index (χ0) is 14.2. The Hall–Kier alpha value is -0.730. The number of aliphatic hydroxyl groups is 1. The Morgan fingerprint density at radius 3 is 2.74 bits per heavy atom. The van der Waals surface area contributed by atoms with Gasteiger partial charge in [0.2, 0.25) is 5.91 Å². The molecule has 19 heavy (non-hydrogen) atoms. The molecule has 0 aromatic rings. The van der Waals surface area contributed by atoms with Gasteiger partial charge in [-0.05, 0) is 13.8 Å². The third-order valence-electron chi connectivity index (χ3n) is 3.29. The quantitative estimate of drug-likeness (QED) is 0.698. The minimum absolute atomic E-state index is 0.264. The molecule has 2 saturated heterocycles. The van der Waals surface area contributed by atoms with Crippen LogP contribution in [0.1, 0.15) is 20.8 Å². The van der Waals surface area contributed by atoms with E-state index in [4.69, 9.17) is 18.9 Å². The van der Waals surface area contributed by atoms with Gasteiger partial charge in [-0.2, -0.15) is 0 Å². The SMILES string of the molecule is CO[C@H]1O[C@H]2COC(C)(C)O[C@H]2[C@H](O)[C@H]1NC(C)=O. The van der Waals surface area contributed by atoms with Crippen molar-refractivity contribution in [1.82, 2.24) is 5.32 Å². The molecule has 0 aliphatic carbocycles. The fraction of sp³-hybridized carbons (Fsp3) is 0.917. The topological polar surface area (TPSA) is 86.2 Å². The predicted octanol–water partition coefficient (Wildman–Crippen LogP) is -0.625. The fourth-order valence-electron chi connectivity index (χ4n) is 2.43. The summed E-state index contributed by atoms with van der Waals surface area (Å²) >= 11 is 0. The standard InChI is InChI=1S/C12H21NO6/c1-6(14)13-8-9(15)10-7(18-11(8)16-4)5-17-12(2,3)19-10/h7-11,15H,5H2,1-4H3,(H,13,14)/t7-,8+,9+,10+,11-/m0/s1. The molecule has 0 bridgehead atoms. The van der Waals surface area contributed by atoms with Crippen LogP contribution >= 0.6 is 0 Å². The van der Waals surface area contributed by atoms with E-state index in [0.717, 1.165) is 0 Å². The normalized spacial score (nSPS) is 41.4. The summed E-state index contributed by atoms with van der Waals surface area (Å²) in [7, 11) is 1.46. The maximum absolute atomic E-state index is 11.2. The molecule has 2 aliphatic rings. The Kier molecular flexibility index (Phi) is 4.12. The van der Waals surface area contributed by atoms with Crippen LogP contribution < -0.4 is 5.32 Å². The smallest absolute Gasteiger partial charge is 0.217 e. The van der Waals surface area contributed by atoms with Crippen LogP contribution in [-0.2, 0) is 23.7 Å². The molecule has 0 aromatic heterocycles. The van der Waals surface area contributed by atoms with Gasteiger partial charge < -0.3 is 29.4 Å². The number of ether oxygens (including phenoxy) is 4. The number of hydrogen-bond donors (Lipinski definition) is 2. The van der Waals surface area contributed by atoms with E-state index >= 15 is 0 Å². The van der Waals surface area contributed by atoms with E-state index in [-0.39, 0.29) is 5.91 Å². The zero-order valence-corrected chi connectivity index (χ0v) is 11.6. The molecule has 2 rings (SSSR count). The van der Waals surface area contributed by atoms with Gasteiger partial charge in [0.1, 0.15) is 24.4 Å². The predicted molar refractivity (Wildman–Crippen MR) is 64.2 cm³/mol. The number of aliphatic hydroxyl groups excluding tert-OH is 1. The zero-order valence-electron chi connectivity index (χ0n) is 11.6. The second-order valence-electron chi connectivity index (χ2n) is 5.29. The van der Waals surface area contributed by atoms with E-state index in [9.17, 15) is 9.90 Å². The maximum atomic E-state index is 11.2. The van der Waals surface area contributed by atoms with Crippen molar-refractivity contribution in [2.45, 2.75) is 57.2 Å². The molecule has 2 fully saturated rings. The van der Waals surface area contributed by atoms with Crippen molar-refractivity contribution in [3.8, 4) is 0 Å². The molecular weight excluding hydrogens is 254 g/mol. The van der Waals surface area contributed by atoms with Crippen LogP contribution in [0.4, 0.5) is 0 Å². The largest absolute Gasteiger partial charge is 0.388 e. The third kappa shape index (κ3) is 3.06. The van der Waals surface area contributed by atoms with Gasteiger partial charge in [-0.15, -0.1) is 0 Å². The molecule has 0 saturated carbocycles. The molecule has 1 amide bonds. The molecule has 5 atom stereocenters. The van der Waals surface area contributed by atoms with Crippen molar-refractivity contribution < 1.29 is 28.8 Å². The average molecular weight is 275 g/mol. The van der Waals surface area contributed by atoms with Crippen molar-refractivity contribution in [3.63, 3.8) is 0 Å². The van der Waals surface area contributed by atoms with Crippen LogP contribution in [0.3, 0.4) is 0 Å². The van der Waals surface area contributed by atoms with Crippen molar-refractivity contribution in [3.05, 3.63) is 0 Å². The van der Waals surface area contributed by atoms with E-state index in [1.165, 1.54) is 14.0 Å². The van der Waals surface area contributed by atoms with Gasteiger partial charge in [0.25, 0.3) is 0 Å². The number of methoxy groups -OCH3 is 1. The van der Waals surface area contributed by atoms with E-state index < -0.39 is 36.4 Å². The molecule has 0 unspecified atom stereocenters. The van der Waals surface area contributed by atoms with Gasteiger partial charge >= 0.3 is 0 Å². The Bertz CT molecular complexity index is 347. The number of rotatable bonds is 2. The van der Waals surface area contributed by atoms with Gasteiger partial charge in [-0.3, -0.25) is 4.79 Å². The lowest BCUT2D eigenvalue weighted by atomic mass is 9.95. The molecule has 0 radical (unpaired) electrons. The molecule has 2 N–H and O–H groups in total. The summed E-state index contributed by atoms with van der Waals surface area (Å²) in [5.74, 6) is -1.05. The average Bonchev–Trinajstić information content (AvgIpc) is 2.32. The van der Waals surface area contributed by atoms with Crippen LogP contribution in [-0.4, -0.2) is 61.2 Å². The molecule has 2 heterocycles. The summed E-state index contributed by atoms with van der Waals surface area (Å²) in [6.07, 6.45) is -2.63. The van der Waals surface area contributed by atoms with E-state index in [1.54, 1.807) is 13.8 Å². The van der Waals surface area contributed by atoms with Gasteiger partial charge in [0.15, 0.2) is 12.1 Å². The van der Waals surface area contributed by atoms with Crippen LogP contribution in [0.25, 0.3) is 0 Å². The second kappa shape index (κ2) is 5.34. The first-order valence-corrected chi connectivity index (χ1v) is 6.29.